The van der Waals surface area contributed by atoms with Crippen LogP contribution in [0.25, 0.3) is 0 Å². The number of nitrogens with two attached hydrogens (primary N) is 1. The summed E-state index contributed by atoms with van der Waals surface area (Å²) in [7, 11) is 0. The number of nitrogens with one attached hydrogen (secondary N) is 3. The molecule has 0 saturated heterocycles. The molecule has 0 radical (unpaired) electrons. The molecule has 182 valence electrons. The average Bonchev–Trinajstić information content (AvgIpc) is 2.75. The number of aliphatic carboxylic acids is 2. The summed E-state index contributed by atoms with van der Waals surface area (Å²) in [5, 5.41) is 25.5. The molecule has 1 aromatic carbocycles. The van der Waals surface area contributed by atoms with Gasteiger partial charge in [0.25, 0.3) is 0 Å². The predicted molar refractivity (Wildman–Crippen MR) is 122 cm³/mol. The highest BCUT2D eigenvalue weighted by Gasteiger charge is 2.32. The van der Waals surface area contributed by atoms with Gasteiger partial charge >= 0.3 is 11.9 Å². The molecule has 0 bridgehead atoms. The Bertz CT molecular complexity index is 850. The van der Waals surface area contributed by atoms with Crippen molar-refractivity contribution in [2.45, 2.75) is 50.9 Å². The second-order valence-corrected chi connectivity index (χ2v) is 8.13. The Hall–Kier alpha value is -3.12. The molecule has 3 amide bonds. The van der Waals surface area contributed by atoms with E-state index in [0.29, 0.717) is 5.56 Å². The Kier molecular flexibility index (Phi) is 11.4. The summed E-state index contributed by atoms with van der Waals surface area (Å²) in [4.78, 5) is 60.5. The lowest BCUT2D eigenvalue weighted by Gasteiger charge is -2.25. The lowest BCUT2D eigenvalue weighted by Crippen LogP contribution is -2.58. The Morgan fingerprint density at radius 2 is 1.45 bits per heavy atom. The molecule has 4 atom stereocenters. The highest BCUT2D eigenvalue weighted by Crippen LogP contribution is 2.07. The summed E-state index contributed by atoms with van der Waals surface area (Å²) in [6, 6.07) is 3.71. The van der Waals surface area contributed by atoms with Gasteiger partial charge in [-0.15, -0.1) is 0 Å². The number of thiol groups is 1. The highest BCUT2D eigenvalue weighted by atomic mass is 32.1. The zero-order valence-electron chi connectivity index (χ0n) is 18.4. The summed E-state index contributed by atoms with van der Waals surface area (Å²) < 4.78 is 0. The normalized spacial score (nSPS) is 14.5. The lowest BCUT2D eigenvalue weighted by molar-refractivity contribution is -0.144. The van der Waals surface area contributed by atoms with Gasteiger partial charge in [0.05, 0.1) is 12.5 Å². The van der Waals surface area contributed by atoms with Gasteiger partial charge in [-0.05, 0) is 11.5 Å². The van der Waals surface area contributed by atoms with Crippen LogP contribution in [0.4, 0.5) is 0 Å². The van der Waals surface area contributed by atoms with E-state index in [4.69, 9.17) is 5.73 Å². The quantitative estimate of drug-likeness (QED) is 0.177. The number of amides is 3. The molecule has 0 saturated carbocycles. The summed E-state index contributed by atoms with van der Waals surface area (Å²) >= 11 is 3.96. The van der Waals surface area contributed by atoms with Crippen LogP contribution in [0, 0.1) is 5.92 Å². The second kappa shape index (κ2) is 13.4. The van der Waals surface area contributed by atoms with E-state index >= 15 is 0 Å². The van der Waals surface area contributed by atoms with Crippen molar-refractivity contribution in [3.05, 3.63) is 35.9 Å². The SMILES string of the molecule is CC(C)[C@H](NC(=O)[C@H](CC(=O)O)NC(=O)[C@H](Cc1ccccc1)NC(=O)[C@@H](N)CS)C(=O)O. The maximum atomic E-state index is 13.0. The van der Waals surface area contributed by atoms with E-state index in [1.807, 2.05) is 0 Å². The number of carbonyl (C=O) groups is 5. The zero-order valence-corrected chi connectivity index (χ0v) is 19.2. The van der Waals surface area contributed by atoms with Crippen molar-refractivity contribution in [2.24, 2.45) is 11.7 Å². The molecule has 1 aromatic rings. The molecule has 0 aromatic heterocycles. The lowest BCUT2D eigenvalue weighted by atomic mass is 10.0. The van der Waals surface area contributed by atoms with Gasteiger partial charge in [0.1, 0.15) is 18.1 Å². The number of hydrogen-bond acceptors (Lipinski definition) is 7. The molecule has 33 heavy (non-hydrogen) atoms. The van der Waals surface area contributed by atoms with Gasteiger partial charge < -0.3 is 31.9 Å². The standard InChI is InChI=1S/C21H30N4O7S/c1-11(2)17(21(31)32)25-20(30)15(9-16(26)27)24-19(29)14(23-18(28)13(22)10-33)8-12-6-4-3-5-7-12/h3-7,11,13-15,17,33H,8-10,22H2,1-2H3,(H,23,28)(H,24,29)(H,25,30)(H,26,27)(H,31,32)/t13-,14-,15-,17-/m0/s1. The van der Waals surface area contributed by atoms with Gasteiger partial charge in [-0.2, -0.15) is 12.6 Å². The first-order chi connectivity index (χ1) is 15.5. The summed E-state index contributed by atoms with van der Waals surface area (Å²) in [5.74, 6) is -5.57. The van der Waals surface area contributed by atoms with Crippen LogP contribution in [0.2, 0.25) is 0 Å². The van der Waals surface area contributed by atoms with Crippen molar-refractivity contribution in [1.29, 1.82) is 0 Å². The summed E-state index contributed by atoms with van der Waals surface area (Å²) in [5.41, 5.74) is 6.36. The number of carboxylic acid groups (broad SMARTS) is 2. The predicted octanol–water partition coefficient (Wildman–Crippen LogP) is -0.844. The van der Waals surface area contributed by atoms with Crippen LogP contribution in [0.5, 0.6) is 0 Å². The molecule has 0 aliphatic heterocycles. The van der Waals surface area contributed by atoms with E-state index in [1.165, 1.54) is 0 Å². The van der Waals surface area contributed by atoms with Crippen molar-refractivity contribution >= 4 is 42.3 Å². The van der Waals surface area contributed by atoms with Gasteiger partial charge in [-0.1, -0.05) is 44.2 Å². The van der Waals surface area contributed by atoms with E-state index < -0.39 is 66.2 Å². The van der Waals surface area contributed by atoms with E-state index in [1.54, 1.807) is 44.2 Å². The Balaban J connectivity index is 3.09. The third-order valence-corrected chi connectivity index (χ3v) is 5.08. The molecular weight excluding hydrogens is 452 g/mol. The fourth-order valence-electron chi connectivity index (χ4n) is 2.84. The first-order valence-corrected chi connectivity index (χ1v) is 10.9. The topological polar surface area (TPSA) is 188 Å². The second-order valence-electron chi connectivity index (χ2n) is 7.77. The average molecular weight is 483 g/mol. The number of carbonyl (C=O) groups excluding carboxylic acids is 3. The molecule has 12 heteroatoms. The third-order valence-electron chi connectivity index (χ3n) is 4.69. The summed E-state index contributed by atoms with van der Waals surface area (Å²) in [6.07, 6.45) is -0.743. The zero-order chi connectivity index (χ0) is 25.1. The Morgan fingerprint density at radius 3 is 1.94 bits per heavy atom. The van der Waals surface area contributed by atoms with Crippen LogP contribution in [0.3, 0.4) is 0 Å². The summed E-state index contributed by atoms with van der Waals surface area (Å²) in [6.45, 7) is 3.14. The monoisotopic (exact) mass is 482 g/mol. The van der Waals surface area contributed by atoms with E-state index in [9.17, 15) is 34.2 Å². The first-order valence-electron chi connectivity index (χ1n) is 10.2. The van der Waals surface area contributed by atoms with Crippen molar-refractivity contribution in [3.8, 4) is 0 Å². The molecule has 0 aliphatic carbocycles. The maximum absolute atomic E-state index is 13.0. The van der Waals surface area contributed by atoms with Crippen LogP contribution < -0.4 is 21.7 Å². The van der Waals surface area contributed by atoms with Crippen LogP contribution in [0.15, 0.2) is 30.3 Å². The minimum absolute atomic E-state index is 0.0291. The van der Waals surface area contributed by atoms with Gasteiger partial charge in [-0.3, -0.25) is 19.2 Å². The van der Waals surface area contributed by atoms with E-state index in [-0.39, 0.29) is 12.2 Å². The first kappa shape index (κ1) is 27.9. The minimum atomic E-state index is -1.57. The number of rotatable bonds is 13. The molecule has 1 rings (SSSR count). The minimum Gasteiger partial charge on any atom is -0.481 e. The molecule has 0 fully saturated rings. The Morgan fingerprint density at radius 1 is 0.909 bits per heavy atom. The van der Waals surface area contributed by atoms with Gasteiger partial charge in [-0.25, -0.2) is 4.79 Å². The molecular formula is C21H30N4O7S. The fourth-order valence-corrected chi connectivity index (χ4v) is 3.01. The number of carboxylic acids is 2. The van der Waals surface area contributed by atoms with Crippen molar-refractivity contribution < 1.29 is 34.2 Å². The number of benzene rings is 1. The molecule has 0 unspecified atom stereocenters. The highest BCUT2D eigenvalue weighted by molar-refractivity contribution is 7.80. The van der Waals surface area contributed by atoms with Gasteiger partial charge in [0.2, 0.25) is 17.7 Å². The van der Waals surface area contributed by atoms with Gasteiger partial charge in [0.15, 0.2) is 0 Å². The smallest absolute Gasteiger partial charge is 0.326 e. The molecule has 11 nitrogen and oxygen atoms in total. The van der Waals surface area contributed by atoms with E-state index in [2.05, 4.69) is 28.6 Å². The van der Waals surface area contributed by atoms with Crippen molar-refractivity contribution in [2.75, 3.05) is 5.75 Å². The van der Waals surface area contributed by atoms with Crippen LogP contribution in [-0.2, 0) is 30.4 Å². The third kappa shape index (κ3) is 9.49. The van der Waals surface area contributed by atoms with Gasteiger partial charge in [0, 0.05) is 12.2 Å². The van der Waals surface area contributed by atoms with Crippen LogP contribution in [0.1, 0.15) is 25.8 Å². The molecule has 0 aliphatic rings. The molecule has 0 spiro atoms. The largest absolute Gasteiger partial charge is 0.481 e. The van der Waals surface area contributed by atoms with E-state index in [0.717, 1.165) is 0 Å². The van der Waals surface area contributed by atoms with Crippen LogP contribution in [-0.4, -0.2) is 69.8 Å². The van der Waals surface area contributed by atoms with Crippen molar-refractivity contribution in [3.63, 3.8) is 0 Å². The van der Waals surface area contributed by atoms with Crippen molar-refractivity contribution in [1.82, 2.24) is 16.0 Å². The molecule has 7 N–H and O–H groups in total. The molecule has 0 heterocycles. The number of hydrogen-bond donors (Lipinski definition) is 7. The fraction of sp³-hybridized carbons (Fsp3) is 0.476. The Labute approximate surface area is 196 Å². The van der Waals surface area contributed by atoms with Crippen LogP contribution >= 0.6 is 12.6 Å². The maximum Gasteiger partial charge on any atom is 0.326 e.